The van der Waals surface area contributed by atoms with Crippen LogP contribution in [0.25, 0.3) is 0 Å². The Kier molecular flexibility index (Phi) is 7.40. The molecule has 0 aliphatic heterocycles. The van der Waals surface area contributed by atoms with Crippen LogP contribution in [0, 0.1) is 5.92 Å². The topological polar surface area (TPSA) is 39.7 Å². The summed E-state index contributed by atoms with van der Waals surface area (Å²) >= 11 is 0. The molecule has 1 fully saturated rings. The van der Waals surface area contributed by atoms with Crippen LogP contribution in [0.5, 0.6) is 0 Å². The van der Waals surface area contributed by atoms with Gasteiger partial charge in [0.1, 0.15) is 0 Å². The van der Waals surface area contributed by atoms with E-state index in [0.717, 1.165) is 51.1 Å². The number of hydrogen-bond acceptors (Lipinski definition) is 2. The molecule has 2 N–H and O–H groups in total. The van der Waals surface area contributed by atoms with Gasteiger partial charge in [-0.25, -0.2) is 4.99 Å². The van der Waals surface area contributed by atoms with E-state index in [0.29, 0.717) is 0 Å². The van der Waals surface area contributed by atoms with Crippen molar-refractivity contribution in [3.63, 3.8) is 0 Å². The number of nitrogens with one attached hydrogen (secondary N) is 2. The summed E-state index contributed by atoms with van der Waals surface area (Å²) < 4.78 is 0. The average molecular weight is 316 g/mol. The van der Waals surface area contributed by atoms with Crippen molar-refractivity contribution >= 4 is 5.96 Å². The highest BCUT2D eigenvalue weighted by Gasteiger charge is 2.20. The molecule has 0 spiro atoms. The van der Waals surface area contributed by atoms with Crippen molar-refractivity contribution in [1.82, 2.24) is 15.5 Å². The van der Waals surface area contributed by atoms with Gasteiger partial charge in [-0.05, 0) is 49.9 Å². The smallest absolute Gasteiger partial charge is 0.191 e. The first kappa shape index (κ1) is 17.8. The van der Waals surface area contributed by atoms with E-state index in [2.05, 4.69) is 60.6 Å². The first-order valence-corrected chi connectivity index (χ1v) is 9.07. The number of rotatable bonds is 9. The molecule has 0 unspecified atom stereocenters. The summed E-state index contributed by atoms with van der Waals surface area (Å²) in [6.07, 6.45) is 2.72. The minimum atomic E-state index is 0.728. The summed E-state index contributed by atoms with van der Waals surface area (Å²) in [5.41, 5.74) is 2.64. The molecule has 1 saturated carbocycles. The predicted octanol–water partition coefficient (Wildman–Crippen LogP) is 2.99. The third-order valence-electron chi connectivity index (χ3n) is 4.34. The monoisotopic (exact) mass is 316 g/mol. The van der Waals surface area contributed by atoms with Gasteiger partial charge in [0.25, 0.3) is 0 Å². The van der Waals surface area contributed by atoms with Crippen LogP contribution in [-0.4, -0.2) is 37.0 Å². The van der Waals surface area contributed by atoms with Crippen LogP contribution in [-0.2, 0) is 13.1 Å². The Balaban J connectivity index is 1.85. The van der Waals surface area contributed by atoms with Gasteiger partial charge in [-0.2, -0.15) is 0 Å². The number of aliphatic imine (C=N–C) groups is 1. The molecule has 0 atom stereocenters. The third-order valence-corrected chi connectivity index (χ3v) is 4.34. The summed E-state index contributed by atoms with van der Waals surface area (Å²) in [5, 5.41) is 6.76. The van der Waals surface area contributed by atoms with E-state index in [1.54, 1.807) is 0 Å². The second-order valence-corrected chi connectivity index (χ2v) is 6.30. The summed E-state index contributed by atoms with van der Waals surface area (Å²) in [4.78, 5) is 7.12. The maximum absolute atomic E-state index is 4.69. The lowest BCUT2D eigenvalue weighted by Gasteiger charge is -2.18. The lowest BCUT2D eigenvalue weighted by atomic mass is 10.1. The molecule has 23 heavy (non-hydrogen) atoms. The molecular weight excluding hydrogens is 284 g/mol. The van der Waals surface area contributed by atoms with E-state index in [1.165, 1.54) is 24.0 Å². The van der Waals surface area contributed by atoms with Crippen molar-refractivity contribution in [2.75, 3.05) is 26.2 Å². The SMILES string of the molecule is CCNC(=NCc1ccc(CN(CC)CC)cc1)NCC1CC1. The van der Waals surface area contributed by atoms with Gasteiger partial charge in [0.2, 0.25) is 0 Å². The molecular formula is C19H32N4. The third kappa shape index (κ3) is 6.61. The Bertz CT molecular complexity index is 473. The molecule has 0 heterocycles. The molecule has 4 nitrogen and oxygen atoms in total. The van der Waals surface area contributed by atoms with Crippen LogP contribution in [0.1, 0.15) is 44.7 Å². The lowest BCUT2D eigenvalue weighted by molar-refractivity contribution is 0.296. The van der Waals surface area contributed by atoms with E-state index >= 15 is 0 Å². The second-order valence-electron chi connectivity index (χ2n) is 6.30. The van der Waals surface area contributed by atoms with Gasteiger partial charge in [-0.15, -0.1) is 0 Å². The Morgan fingerprint density at radius 2 is 1.70 bits per heavy atom. The van der Waals surface area contributed by atoms with Crippen LogP contribution < -0.4 is 10.6 Å². The average Bonchev–Trinajstić information content (AvgIpc) is 3.40. The Hall–Kier alpha value is -1.55. The van der Waals surface area contributed by atoms with Crippen LogP contribution in [0.2, 0.25) is 0 Å². The van der Waals surface area contributed by atoms with Crippen molar-refractivity contribution < 1.29 is 0 Å². The van der Waals surface area contributed by atoms with Gasteiger partial charge >= 0.3 is 0 Å². The van der Waals surface area contributed by atoms with Gasteiger partial charge in [0, 0.05) is 19.6 Å². The van der Waals surface area contributed by atoms with Gasteiger partial charge < -0.3 is 10.6 Å². The molecule has 0 bridgehead atoms. The molecule has 1 aromatic rings. The minimum Gasteiger partial charge on any atom is -0.357 e. The highest BCUT2D eigenvalue weighted by atomic mass is 15.2. The van der Waals surface area contributed by atoms with Gasteiger partial charge in [0.05, 0.1) is 6.54 Å². The van der Waals surface area contributed by atoms with Crippen molar-refractivity contribution in [3.8, 4) is 0 Å². The van der Waals surface area contributed by atoms with Gasteiger partial charge in [0.15, 0.2) is 5.96 Å². The van der Waals surface area contributed by atoms with Crippen molar-refractivity contribution in [2.24, 2.45) is 10.9 Å². The molecule has 2 rings (SSSR count). The first-order chi connectivity index (χ1) is 11.2. The van der Waals surface area contributed by atoms with Crippen LogP contribution in [0.15, 0.2) is 29.3 Å². The molecule has 1 aliphatic rings. The Labute approximate surface area is 141 Å². The first-order valence-electron chi connectivity index (χ1n) is 9.07. The van der Waals surface area contributed by atoms with E-state index in [9.17, 15) is 0 Å². The molecule has 4 heteroatoms. The standard InChI is InChI=1S/C19H32N4/c1-4-20-19(21-13-16-7-8-16)22-14-17-9-11-18(12-10-17)15-23(5-2)6-3/h9-12,16H,4-8,13-15H2,1-3H3,(H2,20,21,22). The van der Waals surface area contributed by atoms with Crippen molar-refractivity contribution in [2.45, 2.75) is 46.7 Å². The zero-order chi connectivity index (χ0) is 16.5. The molecule has 0 amide bonds. The Morgan fingerprint density at radius 1 is 1.04 bits per heavy atom. The number of guanidine groups is 1. The minimum absolute atomic E-state index is 0.728. The largest absolute Gasteiger partial charge is 0.357 e. The maximum Gasteiger partial charge on any atom is 0.191 e. The predicted molar refractivity (Wildman–Crippen MR) is 98.6 cm³/mol. The van der Waals surface area contributed by atoms with Crippen LogP contribution in [0.4, 0.5) is 0 Å². The van der Waals surface area contributed by atoms with E-state index in [4.69, 9.17) is 4.99 Å². The zero-order valence-corrected chi connectivity index (χ0v) is 14.9. The fourth-order valence-electron chi connectivity index (χ4n) is 2.53. The maximum atomic E-state index is 4.69. The van der Waals surface area contributed by atoms with Crippen LogP contribution in [0.3, 0.4) is 0 Å². The quantitative estimate of drug-likeness (QED) is 0.543. The van der Waals surface area contributed by atoms with E-state index in [-0.39, 0.29) is 0 Å². The van der Waals surface area contributed by atoms with E-state index < -0.39 is 0 Å². The number of benzene rings is 1. The summed E-state index contributed by atoms with van der Waals surface area (Å²) in [6, 6.07) is 8.86. The molecule has 0 saturated heterocycles. The van der Waals surface area contributed by atoms with Gasteiger partial charge in [-0.1, -0.05) is 38.1 Å². The fourth-order valence-corrected chi connectivity index (χ4v) is 2.53. The van der Waals surface area contributed by atoms with Crippen molar-refractivity contribution in [3.05, 3.63) is 35.4 Å². The summed E-state index contributed by atoms with van der Waals surface area (Å²) in [6.45, 7) is 12.4. The molecule has 1 aromatic carbocycles. The normalized spacial score (nSPS) is 15.0. The number of nitrogens with zero attached hydrogens (tertiary/aromatic N) is 2. The lowest BCUT2D eigenvalue weighted by Crippen LogP contribution is -2.38. The fraction of sp³-hybridized carbons (Fsp3) is 0.632. The second kappa shape index (κ2) is 9.56. The summed E-state index contributed by atoms with van der Waals surface area (Å²) in [5.74, 6) is 1.80. The summed E-state index contributed by atoms with van der Waals surface area (Å²) in [7, 11) is 0. The molecule has 128 valence electrons. The Morgan fingerprint density at radius 3 is 2.26 bits per heavy atom. The molecule has 0 radical (unpaired) electrons. The van der Waals surface area contributed by atoms with Crippen LogP contribution >= 0.6 is 0 Å². The molecule has 1 aliphatic carbocycles. The molecule has 0 aromatic heterocycles. The zero-order valence-electron chi connectivity index (χ0n) is 14.9. The highest BCUT2D eigenvalue weighted by Crippen LogP contribution is 2.27. The number of hydrogen-bond donors (Lipinski definition) is 2. The van der Waals surface area contributed by atoms with Gasteiger partial charge in [-0.3, -0.25) is 4.90 Å². The van der Waals surface area contributed by atoms with E-state index in [1.807, 2.05) is 0 Å². The highest BCUT2D eigenvalue weighted by molar-refractivity contribution is 5.79. The van der Waals surface area contributed by atoms with Crippen molar-refractivity contribution in [1.29, 1.82) is 0 Å².